The molecule has 11 heteroatoms. The predicted octanol–water partition coefficient (Wildman–Crippen LogP) is 2.70. The van der Waals surface area contributed by atoms with Gasteiger partial charge >= 0.3 is 0 Å². The first-order valence-corrected chi connectivity index (χ1v) is 13.2. The topological polar surface area (TPSA) is 107 Å². The summed E-state index contributed by atoms with van der Waals surface area (Å²) in [5.41, 5.74) is 0.514. The second-order valence-electron chi connectivity index (χ2n) is 8.39. The second-order valence-corrected chi connectivity index (χ2v) is 11.5. The van der Waals surface area contributed by atoms with Crippen molar-refractivity contribution in [1.82, 2.24) is 9.62 Å². The van der Waals surface area contributed by atoms with Gasteiger partial charge in [-0.1, -0.05) is 23.4 Å². The maximum Gasteiger partial charge on any atom is 0.269 e. The fourth-order valence-corrected chi connectivity index (χ4v) is 6.96. The number of carbonyl (C=O) groups excluding carboxylic acids is 1. The lowest BCUT2D eigenvalue weighted by Crippen LogP contribution is -2.47. The molecule has 1 fully saturated rings. The Kier molecular flexibility index (Phi) is 5.79. The summed E-state index contributed by atoms with van der Waals surface area (Å²) in [4.78, 5) is 18.6. The number of piperidine rings is 1. The number of carbonyl (C=O) groups is 1. The minimum absolute atomic E-state index is 0.303. The summed E-state index contributed by atoms with van der Waals surface area (Å²) < 4.78 is 38.7. The molecule has 4 heterocycles. The molecule has 1 atom stereocenters. The molecule has 3 aliphatic heterocycles. The molecule has 2 aromatic rings. The number of hydrogen-bond donors (Lipinski definition) is 1. The summed E-state index contributed by atoms with van der Waals surface area (Å²) in [6, 6.07) is 8.64. The van der Waals surface area contributed by atoms with E-state index in [2.05, 4.69) is 10.5 Å². The summed E-state index contributed by atoms with van der Waals surface area (Å²) in [7, 11) is -3.49. The standard InChI is InChI=1S/C22H25N3O6S2/c1-15(16-4-2-5-18-20(16)30-12-11-29-18)23-21(26)17-14-22(31-24-17)7-9-25(10-8-22)33(27,28)19-6-3-13-32-19/h2-6,13,15H,7-12,14H2,1H3,(H,23,26). The van der Waals surface area contributed by atoms with Crippen molar-refractivity contribution in [3.63, 3.8) is 0 Å². The first-order chi connectivity index (χ1) is 15.9. The van der Waals surface area contributed by atoms with E-state index in [-0.39, 0.29) is 11.9 Å². The number of ether oxygens (including phenoxy) is 2. The van der Waals surface area contributed by atoms with Crippen LogP contribution in [-0.4, -0.2) is 56.2 Å². The normalized spacial score (nSPS) is 20.7. The minimum atomic E-state index is -3.49. The molecule has 0 bridgehead atoms. The number of hydrogen-bond acceptors (Lipinski definition) is 8. The number of amides is 1. The smallest absolute Gasteiger partial charge is 0.269 e. The first-order valence-electron chi connectivity index (χ1n) is 10.9. The average molecular weight is 492 g/mol. The third-order valence-corrected chi connectivity index (χ3v) is 9.51. The number of nitrogens with one attached hydrogen (secondary N) is 1. The maximum absolute atomic E-state index is 12.9. The van der Waals surface area contributed by atoms with Crippen molar-refractivity contribution in [2.75, 3.05) is 26.3 Å². The van der Waals surface area contributed by atoms with Gasteiger partial charge in [-0.15, -0.1) is 11.3 Å². The molecule has 176 valence electrons. The Morgan fingerprint density at radius 3 is 2.73 bits per heavy atom. The van der Waals surface area contributed by atoms with Crippen molar-refractivity contribution in [2.24, 2.45) is 5.16 Å². The van der Waals surface area contributed by atoms with E-state index in [0.29, 0.717) is 67.0 Å². The van der Waals surface area contributed by atoms with Crippen LogP contribution in [0.25, 0.3) is 0 Å². The van der Waals surface area contributed by atoms with Gasteiger partial charge in [-0.3, -0.25) is 4.79 Å². The van der Waals surface area contributed by atoms with Gasteiger partial charge in [-0.05, 0) is 24.4 Å². The van der Waals surface area contributed by atoms with Crippen LogP contribution in [0.4, 0.5) is 0 Å². The van der Waals surface area contributed by atoms with E-state index in [1.54, 1.807) is 17.5 Å². The number of para-hydroxylation sites is 1. The Morgan fingerprint density at radius 2 is 1.97 bits per heavy atom. The number of oxime groups is 1. The van der Waals surface area contributed by atoms with Crippen molar-refractivity contribution in [3.8, 4) is 11.5 Å². The largest absolute Gasteiger partial charge is 0.486 e. The highest BCUT2D eigenvalue weighted by Gasteiger charge is 2.46. The average Bonchev–Trinajstić information content (AvgIpc) is 3.50. The molecule has 1 unspecified atom stereocenters. The third kappa shape index (κ3) is 4.20. The van der Waals surface area contributed by atoms with Crippen LogP contribution in [0, 0.1) is 0 Å². The molecule has 1 spiro atoms. The van der Waals surface area contributed by atoms with E-state index in [1.165, 1.54) is 15.6 Å². The van der Waals surface area contributed by atoms with E-state index >= 15 is 0 Å². The zero-order valence-electron chi connectivity index (χ0n) is 18.2. The van der Waals surface area contributed by atoms with Crippen molar-refractivity contribution >= 4 is 33.0 Å². The lowest BCUT2D eigenvalue weighted by Gasteiger charge is -2.36. The van der Waals surface area contributed by atoms with Gasteiger partial charge in [0.2, 0.25) is 0 Å². The van der Waals surface area contributed by atoms with Crippen LogP contribution in [-0.2, 0) is 19.7 Å². The number of nitrogens with zero attached hydrogens (tertiary/aromatic N) is 2. The summed E-state index contributed by atoms with van der Waals surface area (Å²) in [6.45, 7) is 3.50. The first kappa shape index (κ1) is 22.2. The lowest BCUT2D eigenvalue weighted by molar-refractivity contribution is -0.115. The van der Waals surface area contributed by atoms with Gasteiger partial charge in [-0.25, -0.2) is 8.42 Å². The van der Waals surface area contributed by atoms with Crippen LogP contribution in [0.15, 0.2) is 45.1 Å². The van der Waals surface area contributed by atoms with Crippen molar-refractivity contribution in [3.05, 3.63) is 41.3 Å². The molecule has 0 saturated carbocycles. The predicted molar refractivity (Wildman–Crippen MR) is 122 cm³/mol. The fraction of sp³-hybridized carbons (Fsp3) is 0.455. The van der Waals surface area contributed by atoms with Crippen LogP contribution in [0.5, 0.6) is 11.5 Å². The Bertz CT molecular complexity index is 1170. The Morgan fingerprint density at radius 1 is 1.18 bits per heavy atom. The molecule has 5 rings (SSSR count). The van der Waals surface area contributed by atoms with Crippen LogP contribution >= 0.6 is 11.3 Å². The van der Waals surface area contributed by atoms with Crippen molar-refractivity contribution in [2.45, 2.75) is 42.0 Å². The quantitative estimate of drug-likeness (QED) is 0.689. The highest BCUT2D eigenvalue weighted by molar-refractivity contribution is 7.91. The van der Waals surface area contributed by atoms with Crippen LogP contribution in [0.3, 0.4) is 0 Å². The number of benzene rings is 1. The van der Waals surface area contributed by atoms with Crippen LogP contribution < -0.4 is 14.8 Å². The van der Waals surface area contributed by atoms with Crippen LogP contribution in [0.1, 0.15) is 37.8 Å². The highest BCUT2D eigenvalue weighted by Crippen LogP contribution is 2.38. The molecular weight excluding hydrogens is 466 g/mol. The Hall–Kier alpha value is -2.63. The molecule has 9 nitrogen and oxygen atoms in total. The fourth-order valence-electron chi connectivity index (χ4n) is 4.38. The summed E-state index contributed by atoms with van der Waals surface area (Å²) in [6.07, 6.45) is 1.31. The summed E-state index contributed by atoms with van der Waals surface area (Å²) in [5.74, 6) is 1.02. The van der Waals surface area contributed by atoms with Crippen molar-refractivity contribution < 1.29 is 27.5 Å². The molecule has 1 N–H and O–H groups in total. The molecule has 1 aromatic heterocycles. The van der Waals surface area contributed by atoms with Gasteiger partial charge in [0.1, 0.15) is 28.7 Å². The molecule has 0 aliphatic carbocycles. The number of thiophene rings is 1. The monoisotopic (exact) mass is 491 g/mol. The van der Waals surface area contributed by atoms with Gasteiger partial charge in [0.05, 0.1) is 6.04 Å². The van der Waals surface area contributed by atoms with Gasteiger partial charge in [0, 0.05) is 37.9 Å². The number of sulfonamides is 1. The molecule has 3 aliphatic rings. The van der Waals surface area contributed by atoms with E-state index in [1.807, 2.05) is 25.1 Å². The Balaban J connectivity index is 1.20. The molecule has 1 amide bonds. The second kappa shape index (κ2) is 8.62. The number of fused-ring (bicyclic) bond motifs is 1. The lowest BCUT2D eigenvalue weighted by atomic mass is 9.87. The van der Waals surface area contributed by atoms with Crippen LogP contribution in [0.2, 0.25) is 0 Å². The van der Waals surface area contributed by atoms with E-state index in [0.717, 1.165) is 5.56 Å². The maximum atomic E-state index is 12.9. The van der Waals surface area contributed by atoms with Gasteiger partial charge in [0.15, 0.2) is 11.5 Å². The third-order valence-electron chi connectivity index (χ3n) is 6.23. The zero-order valence-corrected chi connectivity index (χ0v) is 19.8. The molecule has 33 heavy (non-hydrogen) atoms. The summed E-state index contributed by atoms with van der Waals surface area (Å²) in [5, 5.41) is 8.79. The van der Waals surface area contributed by atoms with Crippen molar-refractivity contribution in [1.29, 1.82) is 0 Å². The minimum Gasteiger partial charge on any atom is -0.486 e. The SMILES string of the molecule is CC(NC(=O)C1=NOC2(CCN(S(=O)(=O)c3cccs3)CC2)C1)c1cccc2c1OCCO2. The molecule has 1 aromatic carbocycles. The van der Waals surface area contributed by atoms with Gasteiger partial charge in [0.25, 0.3) is 15.9 Å². The molecule has 1 saturated heterocycles. The summed E-state index contributed by atoms with van der Waals surface area (Å²) >= 11 is 1.21. The van der Waals surface area contributed by atoms with E-state index in [9.17, 15) is 13.2 Å². The number of rotatable bonds is 5. The van der Waals surface area contributed by atoms with Gasteiger partial charge in [-0.2, -0.15) is 4.31 Å². The molecule has 0 radical (unpaired) electrons. The zero-order chi connectivity index (χ0) is 23.1. The van der Waals surface area contributed by atoms with E-state index < -0.39 is 15.6 Å². The van der Waals surface area contributed by atoms with Gasteiger partial charge < -0.3 is 19.6 Å². The highest BCUT2D eigenvalue weighted by atomic mass is 32.2. The molecular formula is C22H25N3O6S2. The van der Waals surface area contributed by atoms with E-state index in [4.69, 9.17) is 14.3 Å². The Labute approximate surface area is 196 Å².